The van der Waals surface area contributed by atoms with E-state index in [2.05, 4.69) is 19.6 Å². The van der Waals surface area contributed by atoms with Gasteiger partial charge in [0, 0.05) is 71.8 Å². The number of ketones is 1. The number of ether oxygens (including phenoxy) is 17. The molecule has 29 nitrogen and oxygen atoms in total. The van der Waals surface area contributed by atoms with E-state index < -0.39 is 192 Å². The number of aryl methyl sites for hydroxylation is 1. The van der Waals surface area contributed by atoms with Crippen molar-refractivity contribution in [3.05, 3.63) is 172 Å². The van der Waals surface area contributed by atoms with E-state index in [0.717, 1.165) is 11.6 Å². The topological polar surface area (TPSA) is 338 Å². The predicted molar refractivity (Wildman–Crippen MR) is 414 cm³/mol. The number of esters is 2. The zero-order chi connectivity index (χ0) is 81.3. The van der Waals surface area contributed by atoms with Crippen LogP contribution in [0.2, 0.25) is 25.7 Å². The van der Waals surface area contributed by atoms with Gasteiger partial charge in [-0.3, -0.25) is 23.3 Å². The minimum Gasteiger partial charge on any atom is -0.468 e. The monoisotopic (exact) mass is 1650 g/mol. The molecular formula is C82H109NO28S2Si. The van der Waals surface area contributed by atoms with Gasteiger partial charge in [0.25, 0.3) is 25.9 Å². The molecule has 6 aliphatic heterocycles. The van der Waals surface area contributed by atoms with Gasteiger partial charge in [0.1, 0.15) is 53.6 Å². The van der Waals surface area contributed by atoms with Gasteiger partial charge in [0.2, 0.25) is 6.29 Å². The summed E-state index contributed by atoms with van der Waals surface area (Å²) < 4.78 is 178. The zero-order valence-electron chi connectivity index (χ0n) is 66.2. The van der Waals surface area contributed by atoms with E-state index in [1.165, 1.54) is 31.2 Å². The molecule has 0 bridgehead atoms. The first kappa shape index (κ1) is 88.0. The number of nitrogens with zero attached hydrogens (tertiary/aromatic N) is 1. The summed E-state index contributed by atoms with van der Waals surface area (Å²) in [4.78, 5) is 49.0. The van der Waals surface area contributed by atoms with Crippen LogP contribution in [0.3, 0.4) is 0 Å². The van der Waals surface area contributed by atoms with Gasteiger partial charge in [0.15, 0.2) is 44.3 Å². The maximum Gasteiger partial charge on any atom is 0.338 e. The van der Waals surface area contributed by atoms with Gasteiger partial charge >= 0.3 is 11.9 Å². The molecular weight excluding hydrogens is 1540 g/mol. The summed E-state index contributed by atoms with van der Waals surface area (Å²) >= 11 is 0. The van der Waals surface area contributed by atoms with E-state index in [4.69, 9.17) is 88.9 Å². The Balaban J connectivity index is 0.771. The lowest BCUT2D eigenvalue weighted by Gasteiger charge is -2.46. The van der Waals surface area contributed by atoms with Crippen LogP contribution in [0.4, 0.5) is 5.69 Å². The molecule has 114 heavy (non-hydrogen) atoms. The normalized spacial score (nSPS) is 31.0. The van der Waals surface area contributed by atoms with Crippen molar-refractivity contribution in [2.24, 2.45) is 0 Å². The predicted octanol–water partition coefficient (Wildman–Crippen LogP) is 12.1. The Hall–Kier alpha value is -6.77. The Morgan fingerprint density at radius 3 is 1.54 bits per heavy atom. The van der Waals surface area contributed by atoms with E-state index in [1.807, 2.05) is 44.2 Å². The van der Waals surface area contributed by atoms with Crippen molar-refractivity contribution >= 4 is 51.7 Å². The van der Waals surface area contributed by atoms with Gasteiger partial charge in [-0.25, -0.2) is 4.79 Å². The third-order valence-electron chi connectivity index (χ3n) is 20.7. The number of nitro benzene ring substituents is 1. The number of non-ortho nitro benzene ring substituents is 1. The Morgan fingerprint density at radius 1 is 0.482 bits per heavy atom. The number of hydrogen-bond acceptors (Lipinski definition) is 28. The number of rotatable bonds is 37. The second-order valence-electron chi connectivity index (χ2n) is 31.1. The highest BCUT2D eigenvalue weighted by molar-refractivity contribution is 7.86. The smallest absolute Gasteiger partial charge is 0.338 e. The molecule has 22 atom stereocenters. The lowest BCUT2D eigenvalue weighted by molar-refractivity contribution is -0.384. The van der Waals surface area contributed by atoms with Crippen molar-refractivity contribution in [1.29, 1.82) is 0 Å². The van der Waals surface area contributed by atoms with Crippen LogP contribution in [0.5, 0.6) is 11.5 Å². The molecule has 32 heteroatoms. The Bertz CT molecular complexity index is 4100. The second-order valence-corrected chi connectivity index (χ2v) is 40.1. The van der Waals surface area contributed by atoms with Crippen LogP contribution in [-0.2, 0) is 128 Å². The molecule has 0 radical (unpaired) electrons. The second kappa shape index (κ2) is 41.1. The molecule has 0 N–H and O–H groups in total. The first-order valence-electron chi connectivity index (χ1n) is 39.3. The van der Waals surface area contributed by atoms with Crippen molar-refractivity contribution in [2.45, 2.75) is 293 Å². The molecule has 6 fully saturated rings. The van der Waals surface area contributed by atoms with Crippen LogP contribution in [-0.4, -0.2) is 202 Å². The first-order chi connectivity index (χ1) is 54.4. The van der Waals surface area contributed by atoms with Crippen molar-refractivity contribution < 1.29 is 125 Å². The Kier molecular flexibility index (Phi) is 31.7. The quantitative estimate of drug-likeness (QED) is 0.00678. The highest BCUT2D eigenvalue weighted by atomic mass is 32.2. The van der Waals surface area contributed by atoms with Gasteiger partial charge in [0.05, 0.1) is 90.3 Å². The average molecular weight is 1650 g/mol. The number of hydrogen-bond donors (Lipinski definition) is 0. The first-order valence-corrected chi connectivity index (χ1v) is 46.2. The molecule has 0 saturated carbocycles. The van der Waals surface area contributed by atoms with E-state index in [0.29, 0.717) is 47.6 Å². The molecule has 0 aliphatic carbocycles. The van der Waals surface area contributed by atoms with Crippen molar-refractivity contribution in [3.63, 3.8) is 0 Å². The third kappa shape index (κ3) is 26.6. The van der Waals surface area contributed by atoms with Gasteiger partial charge in [-0.15, -0.1) is 0 Å². The summed E-state index contributed by atoms with van der Waals surface area (Å²) in [7, 11) is -9.89. The van der Waals surface area contributed by atoms with Crippen LogP contribution in [0.15, 0.2) is 140 Å². The van der Waals surface area contributed by atoms with Crippen molar-refractivity contribution in [2.75, 3.05) is 19.2 Å². The minimum atomic E-state index is -4.37. The van der Waals surface area contributed by atoms with E-state index >= 15 is 0 Å². The van der Waals surface area contributed by atoms with Crippen LogP contribution in [0, 0.1) is 10.1 Å². The SMILES string of the molecule is CC(=O)CCC(=O)O[C@H]1CC[C@H](O[C@@H]2C[C@H](O[C@@H]3[C@@H](C)O[C@H](O[C@H]4CC[C@H](O[C@@H]5C[C@H](O[C@@H]6C[C@H](Oc7ccc(OCOCC[Si](C)(C)C)cc7)O[C@H](C)[C@H]6OC(=O)c6ccccc6)O[C@H](C)[C@H]5OS(=O)(=O)CCc5ccc([N+](=O)[O-])cc5)O[C@H]4C)C[C@H]3OCc3ccccc3)O[C@H](C)[C@H]2OS(=O)(=O)Cc2ccccc2)O[C@H]1C. The van der Waals surface area contributed by atoms with Crippen molar-refractivity contribution in [3.8, 4) is 11.5 Å². The van der Waals surface area contributed by atoms with Crippen LogP contribution < -0.4 is 9.47 Å². The van der Waals surface area contributed by atoms with Gasteiger partial charge in [-0.1, -0.05) is 111 Å². The lowest BCUT2D eigenvalue weighted by atomic mass is 9.99. The van der Waals surface area contributed by atoms with Gasteiger partial charge in [-0.2, -0.15) is 16.8 Å². The summed E-state index contributed by atoms with van der Waals surface area (Å²) in [6, 6.07) is 40.4. The highest BCUT2D eigenvalue weighted by Gasteiger charge is 2.51. The summed E-state index contributed by atoms with van der Waals surface area (Å²) in [6.45, 7) is 19.6. The summed E-state index contributed by atoms with van der Waals surface area (Å²) in [6.07, 6.45) is -18.1. The fourth-order valence-corrected chi connectivity index (χ4v) is 17.7. The van der Waals surface area contributed by atoms with E-state index in [9.17, 15) is 41.3 Å². The fourth-order valence-electron chi connectivity index (χ4n) is 14.5. The van der Waals surface area contributed by atoms with Gasteiger partial charge in [-0.05, 0) is 127 Å². The van der Waals surface area contributed by atoms with Gasteiger partial charge < -0.3 is 85.3 Å². The summed E-state index contributed by atoms with van der Waals surface area (Å²) in [5.74, 6) is -1.14. The molecule has 0 aromatic heterocycles. The third-order valence-corrected chi connectivity index (χ3v) is 24.8. The number of benzene rings is 5. The summed E-state index contributed by atoms with van der Waals surface area (Å²) in [5, 5.41) is 11.4. The van der Waals surface area contributed by atoms with E-state index in [-0.39, 0.29) is 82.7 Å². The largest absolute Gasteiger partial charge is 0.468 e. The van der Waals surface area contributed by atoms with Crippen LogP contribution in [0.25, 0.3) is 0 Å². The standard InChI is InChI=1S/C82H109NO28S2Si/c1-51(84)26-37-71(85)103-65-35-38-72(96-52(65)2)106-70-47-77(101-57(7)81(70)111-113(91,92)49-60-22-16-12-17-23-60)108-78-54(4)99-75(44-67(78)94-48-59-20-14-11-15-21-59)104-66-36-39-73(97-53(66)3)105-69-46-76(100-56(6)80(69)110-112(89,90)42-40-58-27-29-62(30-28-58)83(87)88)107-68-45-74(98-55(5)79(68)109-82(86)61-24-18-13-19-25-61)102-64-33-31-63(32-34-64)95-50-93-41-43-114(8,9)10/h11-25,27-34,52-57,65-70,72-81H,26,35-50H2,1-10H3/t52-,53-,54+,55+,56+,57+,65-,66-,67+,68+,69+,70+,72-,73-,74-,75+,76-,77-,78+,79+,80+,81+/m0/s1. The highest BCUT2D eigenvalue weighted by Crippen LogP contribution is 2.40. The molecule has 5 aromatic carbocycles. The Morgan fingerprint density at radius 2 is 0.965 bits per heavy atom. The number of carbonyl (C=O) groups is 3. The maximum absolute atomic E-state index is 14.2. The molecule has 6 saturated heterocycles. The Labute approximate surface area is 668 Å². The van der Waals surface area contributed by atoms with Crippen LogP contribution >= 0.6 is 0 Å². The fraction of sp³-hybridized carbons (Fsp3) is 0.598. The number of Topliss-reactive ketones (excluding diaryl/α,β-unsaturated/α-hetero) is 1. The van der Waals surface area contributed by atoms with Crippen molar-refractivity contribution in [1.82, 2.24) is 0 Å². The maximum atomic E-state index is 14.2. The lowest BCUT2D eigenvalue weighted by Crippen LogP contribution is -2.57. The molecule has 11 rings (SSSR count). The number of nitro groups is 1. The molecule has 6 aliphatic rings. The average Bonchev–Trinajstić information content (AvgIpc) is 0.794. The molecule has 0 spiro atoms. The molecule has 0 unspecified atom stereocenters. The van der Waals surface area contributed by atoms with Crippen LogP contribution in [0.1, 0.15) is 140 Å². The van der Waals surface area contributed by atoms with E-state index in [1.54, 1.807) is 113 Å². The molecule has 5 aromatic rings. The number of carbonyl (C=O) groups excluding carboxylic acids is 3. The minimum absolute atomic E-state index is 0.0167. The summed E-state index contributed by atoms with van der Waals surface area (Å²) in [5.41, 5.74) is 2.10. The molecule has 626 valence electrons. The molecule has 6 heterocycles. The molecule has 0 amide bonds. The zero-order valence-corrected chi connectivity index (χ0v) is 68.8.